The molecular formula is C23H33IN4O2. The molecule has 1 aliphatic heterocycles. The maximum absolute atomic E-state index is 9.63. The van der Waals surface area contributed by atoms with Crippen LogP contribution >= 0.6 is 24.0 Å². The summed E-state index contributed by atoms with van der Waals surface area (Å²) in [4.78, 5) is 6.70. The first-order chi connectivity index (χ1) is 14.2. The van der Waals surface area contributed by atoms with E-state index in [4.69, 9.17) is 4.74 Å². The van der Waals surface area contributed by atoms with Crippen LogP contribution in [-0.4, -0.2) is 49.3 Å². The highest BCUT2D eigenvalue weighted by Crippen LogP contribution is 2.14. The fraction of sp³-hybridized carbons (Fsp3) is 0.435. The lowest BCUT2D eigenvalue weighted by atomic mass is 10.1. The first-order valence-corrected chi connectivity index (χ1v) is 10.2. The van der Waals surface area contributed by atoms with Crippen molar-refractivity contribution in [1.82, 2.24) is 15.5 Å². The molecule has 0 aromatic heterocycles. The summed E-state index contributed by atoms with van der Waals surface area (Å²) in [6.45, 7) is 4.29. The SMILES string of the molecule is CN=C(NCc1ccc(CN2CCC(O)CC2)cc1)NCc1cccc(OC)c1.I. The van der Waals surface area contributed by atoms with Crippen molar-refractivity contribution >= 4 is 29.9 Å². The average molecular weight is 524 g/mol. The monoisotopic (exact) mass is 524 g/mol. The molecule has 0 unspecified atom stereocenters. The summed E-state index contributed by atoms with van der Waals surface area (Å²) in [6.07, 6.45) is 1.64. The molecule has 0 spiro atoms. The van der Waals surface area contributed by atoms with Crippen LogP contribution in [0.3, 0.4) is 0 Å². The average Bonchev–Trinajstić information content (AvgIpc) is 2.76. The smallest absolute Gasteiger partial charge is 0.191 e. The number of methoxy groups -OCH3 is 1. The predicted octanol–water partition coefficient (Wildman–Crippen LogP) is 3.14. The molecule has 1 aliphatic rings. The van der Waals surface area contributed by atoms with E-state index in [0.29, 0.717) is 13.1 Å². The molecule has 0 radical (unpaired) electrons. The molecule has 0 amide bonds. The standard InChI is InChI=1S/C23H32N4O2.HI/c1-24-23(26-16-20-4-3-5-22(14-20)29-2)25-15-18-6-8-19(9-7-18)17-27-12-10-21(28)11-13-27;/h3-9,14,21,28H,10-13,15-17H2,1-2H3,(H2,24,25,26);1H. The molecule has 0 atom stereocenters. The van der Waals surface area contributed by atoms with Crippen molar-refractivity contribution in [1.29, 1.82) is 0 Å². The summed E-state index contributed by atoms with van der Waals surface area (Å²) in [7, 11) is 3.45. The quantitative estimate of drug-likeness (QED) is 0.295. The van der Waals surface area contributed by atoms with Crippen molar-refractivity contribution in [3.05, 3.63) is 65.2 Å². The lowest BCUT2D eigenvalue weighted by molar-refractivity contribution is 0.0792. The van der Waals surface area contributed by atoms with Crippen molar-refractivity contribution in [2.75, 3.05) is 27.2 Å². The van der Waals surface area contributed by atoms with E-state index in [0.717, 1.165) is 49.7 Å². The minimum atomic E-state index is -0.119. The van der Waals surface area contributed by atoms with Gasteiger partial charge in [-0.1, -0.05) is 36.4 Å². The van der Waals surface area contributed by atoms with Gasteiger partial charge in [0.15, 0.2) is 5.96 Å². The van der Waals surface area contributed by atoms with Gasteiger partial charge in [-0.25, -0.2) is 0 Å². The lowest BCUT2D eigenvalue weighted by Crippen LogP contribution is -2.36. The van der Waals surface area contributed by atoms with Crippen LogP contribution < -0.4 is 15.4 Å². The fourth-order valence-corrected chi connectivity index (χ4v) is 3.47. The fourth-order valence-electron chi connectivity index (χ4n) is 3.47. The van der Waals surface area contributed by atoms with Gasteiger partial charge in [0.25, 0.3) is 0 Å². The van der Waals surface area contributed by atoms with Crippen LogP contribution in [0.5, 0.6) is 5.75 Å². The number of hydrogen-bond acceptors (Lipinski definition) is 4. The number of nitrogens with one attached hydrogen (secondary N) is 2. The Balaban J connectivity index is 0.00000320. The number of guanidine groups is 1. The number of nitrogens with zero attached hydrogens (tertiary/aromatic N) is 2. The summed E-state index contributed by atoms with van der Waals surface area (Å²) >= 11 is 0. The first kappa shape index (κ1) is 24.4. The number of benzene rings is 2. The molecule has 2 aromatic carbocycles. The van der Waals surface area contributed by atoms with Crippen LogP contribution in [0, 0.1) is 0 Å². The Kier molecular flexibility index (Phi) is 10.4. The largest absolute Gasteiger partial charge is 0.497 e. The van der Waals surface area contributed by atoms with Crippen molar-refractivity contribution in [3.63, 3.8) is 0 Å². The Labute approximate surface area is 196 Å². The molecule has 0 aliphatic carbocycles. The second-order valence-electron chi connectivity index (χ2n) is 7.45. The summed E-state index contributed by atoms with van der Waals surface area (Å²) in [5.41, 5.74) is 3.67. The van der Waals surface area contributed by atoms with Gasteiger partial charge in [0.05, 0.1) is 13.2 Å². The Morgan fingerprint density at radius 3 is 2.30 bits per heavy atom. The maximum atomic E-state index is 9.63. The van der Waals surface area contributed by atoms with Gasteiger partial charge in [-0.15, -0.1) is 24.0 Å². The van der Waals surface area contributed by atoms with Crippen LogP contribution in [0.1, 0.15) is 29.5 Å². The minimum absolute atomic E-state index is 0. The zero-order valence-electron chi connectivity index (χ0n) is 17.8. The Hall–Kier alpha value is -1.84. The second-order valence-corrected chi connectivity index (χ2v) is 7.45. The number of hydrogen-bond donors (Lipinski definition) is 3. The molecule has 0 saturated carbocycles. The Morgan fingerprint density at radius 2 is 1.67 bits per heavy atom. The second kappa shape index (κ2) is 12.8. The van der Waals surface area contributed by atoms with Gasteiger partial charge in [-0.2, -0.15) is 0 Å². The van der Waals surface area contributed by atoms with Gasteiger partial charge in [-0.3, -0.25) is 9.89 Å². The van der Waals surface area contributed by atoms with E-state index in [1.165, 1.54) is 11.1 Å². The molecule has 1 fully saturated rings. The summed E-state index contributed by atoms with van der Waals surface area (Å²) in [5, 5.41) is 16.3. The van der Waals surface area contributed by atoms with Gasteiger partial charge in [0, 0.05) is 39.8 Å². The van der Waals surface area contributed by atoms with Crippen molar-refractivity contribution in [2.24, 2.45) is 4.99 Å². The molecule has 30 heavy (non-hydrogen) atoms. The summed E-state index contributed by atoms with van der Waals surface area (Å²) in [5.74, 6) is 1.62. The molecule has 3 rings (SSSR count). The third-order valence-corrected chi connectivity index (χ3v) is 5.26. The normalized spacial score (nSPS) is 15.4. The highest BCUT2D eigenvalue weighted by atomic mass is 127. The van der Waals surface area contributed by atoms with E-state index in [1.54, 1.807) is 14.2 Å². The maximum Gasteiger partial charge on any atom is 0.191 e. The van der Waals surface area contributed by atoms with E-state index in [2.05, 4.69) is 50.9 Å². The number of aliphatic imine (C=N–C) groups is 1. The van der Waals surface area contributed by atoms with Gasteiger partial charge in [0.2, 0.25) is 0 Å². The number of ether oxygens (including phenoxy) is 1. The molecule has 164 valence electrons. The number of rotatable bonds is 7. The molecule has 0 bridgehead atoms. The predicted molar refractivity (Wildman–Crippen MR) is 132 cm³/mol. The molecule has 3 N–H and O–H groups in total. The number of likely N-dealkylation sites (tertiary alicyclic amines) is 1. The zero-order chi connectivity index (χ0) is 20.5. The minimum Gasteiger partial charge on any atom is -0.497 e. The van der Waals surface area contributed by atoms with E-state index in [1.807, 2.05) is 18.2 Å². The van der Waals surface area contributed by atoms with Crippen LogP contribution in [0.4, 0.5) is 0 Å². The van der Waals surface area contributed by atoms with Crippen LogP contribution in [-0.2, 0) is 19.6 Å². The molecule has 7 heteroatoms. The van der Waals surface area contributed by atoms with Crippen LogP contribution in [0.2, 0.25) is 0 Å². The van der Waals surface area contributed by atoms with E-state index >= 15 is 0 Å². The van der Waals surface area contributed by atoms with E-state index < -0.39 is 0 Å². The third-order valence-electron chi connectivity index (χ3n) is 5.26. The van der Waals surface area contributed by atoms with Crippen molar-refractivity contribution < 1.29 is 9.84 Å². The number of piperidine rings is 1. The lowest BCUT2D eigenvalue weighted by Gasteiger charge is -2.29. The zero-order valence-corrected chi connectivity index (χ0v) is 20.1. The Bertz CT molecular complexity index is 790. The van der Waals surface area contributed by atoms with E-state index in [-0.39, 0.29) is 30.1 Å². The highest BCUT2D eigenvalue weighted by Gasteiger charge is 2.16. The van der Waals surface area contributed by atoms with Gasteiger partial charge in [0.1, 0.15) is 5.75 Å². The molecular weight excluding hydrogens is 491 g/mol. The van der Waals surface area contributed by atoms with Gasteiger partial charge >= 0.3 is 0 Å². The molecule has 2 aromatic rings. The van der Waals surface area contributed by atoms with Gasteiger partial charge < -0.3 is 20.5 Å². The summed E-state index contributed by atoms with van der Waals surface area (Å²) in [6, 6.07) is 16.7. The molecule has 1 heterocycles. The van der Waals surface area contributed by atoms with Crippen molar-refractivity contribution in [2.45, 2.75) is 38.6 Å². The third kappa shape index (κ3) is 7.77. The van der Waals surface area contributed by atoms with Crippen LogP contribution in [0.25, 0.3) is 0 Å². The number of halogens is 1. The van der Waals surface area contributed by atoms with Crippen LogP contribution in [0.15, 0.2) is 53.5 Å². The van der Waals surface area contributed by atoms with Gasteiger partial charge in [-0.05, 0) is 41.7 Å². The van der Waals surface area contributed by atoms with Crippen molar-refractivity contribution in [3.8, 4) is 5.75 Å². The highest BCUT2D eigenvalue weighted by molar-refractivity contribution is 14.0. The Morgan fingerprint density at radius 1 is 1.03 bits per heavy atom. The molecule has 1 saturated heterocycles. The molecule has 6 nitrogen and oxygen atoms in total. The first-order valence-electron chi connectivity index (χ1n) is 10.2. The van der Waals surface area contributed by atoms with E-state index in [9.17, 15) is 5.11 Å². The number of aliphatic hydroxyl groups excluding tert-OH is 1. The number of aliphatic hydroxyl groups is 1. The summed E-state index contributed by atoms with van der Waals surface area (Å²) < 4.78 is 5.27. The topological polar surface area (TPSA) is 69.1 Å².